The Labute approximate surface area is 119 Å². The smallest absolute Gasteiger partial charge is 0.323 e. The molecule has 1 heterocycles. The van der Waals surface area contributed by atoms with Crippen molar-refractivity contribution in [1.82, 2.24) is 4.98 Å². The molecule has 98 valence electrons. The molecule has 4 N–H and O–H groups in total. The van der Waals surface area contributed by atoms with Crippen molar-refractivity contribution >= 4 is 46.4 Å². The number of anilines is 3. The number of pyridine rings is 1. The zero-order valence-electron chi connectivity index (χ0n) is 9.65. The summed E-state index contributed by atoms with van der Waals surface area (Å²) in [5.41, 5.74) is 6.38. The Bertz CT molecular complexity index is 598. The van der Waals surface area contributed by atoms with E-state index >= 15 is 0 Å². The van der Waals surface area contributed by atoms with Gasteiger partial charge >= 0.3 is 6.03 Å². The van der Waals surface area contributed by atoms with Crippen molar-refractivity contribution in [1.29, 1.82) is 0 Å². The minimum Gasteiger partial charge on any atom is -0.384 e. The van der Waals surface area contributed by atoms with Gasteiger partial charge < -0.3 is 16.4 Å². The molecule has 0 aliphatic heterocycles. The number of aromatic nitrogens is 1. The Morgan fingerprint density at radius 2 is 1.84 bits per heavy atom. The quantitative estimate of drug-likeness (QED) is 0.792. The minimum atomic E-state index is -0.472. The van der Waals surface area contributed by atoms with Crippen LogP contribution < -0.4 is 16.4 Å². The number of hydrogen-bond acceptors (Lipinski definition) is 3. The van der Waals surface area contributed by atoms with Crippen molar-refractivity contribution in [2.75, 3.05) is 16.4 Å². The fourth-order valence-electron chi connectivity index (χ4n) is 1.42. The SMILES string of the molecule is Nc1cc(NC(=O)Nc2c(Cl)cccc2Cl)ccn1. The van der Waals surface area contributed by atoms with Crippen molar-refractivity contribution in [3.8, 4) is 0 Å². The molecular formula is C12H10Cl2N4O. The molecule has 0 bridgehead atoms. The molecule has 5 nitrogen and oxygen atoms in total. The van der Waals surface area contributed by atoms with E-state index in [1.54, 1.807) is 24.3 Å². The molecular weight excluding hydrogens is 287 g/mol. The summed E-state index contributed by atoms with van der Waals surface area (Å²) in [7, 11) is 0. The average molecular weight is 297 g/mol. The molecule has 2 amide bonds. The van der Waals surface area contributed by atoms with Crippen molar-refractivity contribution < 1.29 is 4.79 Å². The summed E-state index contributed by atoms with van der Waals surface area (Å²) in [6.07, 6.45) is 1.49. The molecule has 7 heteroatoms. The van der Waals surface area contributed by atoms with Crippen LogP contribution in [0.1, 0.15) is 0 Å². The third kappa shape index (κ3) is 3.49. The van der Waals surface area contributed by atoms with E-state index in [9.17, 15) is 4.79 Å². The highest BCUT2D eigenvalue weighted by Gasteiger charge is 2.09. The van der Waals surface area contributed by atoms with Crippen molar-refractivity contribution in [3.05, 3.63) is 46.6 Å². The Morgan fingerprint density at radius 1 is 1.16 bits per heavy atom. The first-order valence-corrected chi connectivity index (χ1v) is 6.05. The molecule has 2 aromatic rings. The van der Waals surface area contributed by atoms with Crippen LogP contribution in [0.3, 0.4) is 0 Å². The van der Waals surface area contributed by atoms with Crippen LogP contribution >= 0.6 is 23.2 Å². The van der Waals surface area contributed by atoms with Crippen LogP contribution in [0.15, 0.2) is 36.5 Å². The Morgan fingerprint density at radius 3 is 2.47 bits per heavy atom. The second kappa shape index (κ2) is 5.77. The number of hydrogen-bond donors (Lipinski definition) is 3. The lowest BCUT2D eigenvalue weighted by molar-refractivity contribution is 0.262. The summed E-state index contributed by atoms with van der Waals surface area (Å²) >= 11 is 11.9. The Kier molecular flexibility index (Phi) is 4.09. The van der Waals surface area contributed by atoms with Gasteiger partial charge in [-0.05, 0) is 18.2 Å². The summed E-state index contributed by atoms with van der Waals surface area (Å²) in [5, 5.41) is 5.89. The summed E-state index contributed by atoms with van der Waals surface area (Å²) in [5.74, 6) is 0.313. The highest BCUT2D eigenvalue weighted by Crippen LogP contribution is 2.29. The van der Waals surface area contributed by atoms with Crippen LogP contribution in [0.25, 0.3) is 0 Å². The number of nitrogens with zero attached hydrogens (tertiary/aromatic N) is 1. The van der Waals surface area contributed by atoms with E-state index in [0.29, 0.717) is 27.2 Å². The van der Waals surface area contributed by atoms with Crippen molar-refractivity contribution in [2.45, 2.75) is 0 Å². The zero-order chi connectivity index (χ0) is 13.8. The van der Waals surface area contributed by atoms with E-state index in [2.05, 4.69) is 15.6 Å². The molecule has 0 fully saturated rings. The van der Waals surface area contributed by atoms with E-state index < -0.39 is 6.03 Å². The number of benzene rings is 1. The van der Waals surface area contributed by atoms with Gasteiger partial charge in [-0.25, -0.2) is 9.78 Å². The van der Waals surface area contributed by atoms with Gasteiger partial charge in [-0.2, -0.15) is 0 Å². The van der Waals surface area contributed by atoms with Gasteiger partial charge in [-0.1, -0.05) is 29.3 Å². The van der Waals surface area contributed by atoms with E-state index in [-0.39, 0.29) is 0 Å². The Hall–Kier alpha value is -1.98. The number of carbonyl (C=O) groups is 1. The van der Waals surface area contributed by atoms with Gasteiger partial charge in [0.1, 0.15) is 5.82 Å². The predicted octanol–water partition coefficient (Wildman–Crippen LogP) is 3.61. The van der Waals surface area contributed by atoms with Crippen LogP contribution in [0.4, 0.5) is 22.0 Å². The maximum Gasteiger partial charge on any atom is 0.323 e. The molecule has 0 saturated carbocycles. The highest BCUT2D eigenvalue weighted by molar-refractivity contribution is 6.39. The number of amides is 2. The molecule has 0 aliphatic rings. The summed E-state index contributed by atoms with van der Waals surface area (Å²) in [6.45, 7) is 0. The second-order valence-corrected chi connectivity index (χ2v) is 4.46. The standard InChI is InChI=1S/C12H10Cl2N4O/c13-8-2-1-3-9(14)11(8)18-12(19)17-7-4-5-16-10(15)6-7/h1-6H,(H4,15,16,17,18,19). The Balaban J connectivity index is 2.10. The number of rotatable bonds is 2. The predicted molar refractivity (Wildman–Crippen MR) is 77.8 cm³/mol. The number of para-hydroxylation sites is 1. The fourth-order valence-corrected chi connectivity index (χ4v) is 1.91. The maximum absolute atomic E-state index is 11.8. The maximum atomic E-state index is 11.8. The van der Waals surface area contributed by atoms with Crippen LogP contribution in [0.2, 0.25) is 10.0 Å². The van der Waals surface area contributed by atoms with Crippen LogP contribution in [0.5, 0.6) is 0 Å². The third-order valence-corrected chi connectivity index (χ3v) is 2.87. The first-order chi connectivity index (χ1) is 9.06. The molecule has 0 atom stereocenters. The average Bonchev–Trinajstić information content (AvgIpc) is 2.34. The first-order valence-electron chi connectivity index (χ1n) is 5.30. The van der Waals surface area contributed by atoms with E-state index in [0.717, 1.165) is 0 Å². The van der Waals surface area contributed by atoms with Crippen LogP contribution in [-0.4, -0.2) is 11.0 Å². The lowest BCUT2D eigenvalue weighted by Gasteiger charge is -2.10. The molecule has 19 heavy (non-hydrogen) atoms. The van der Waals surface area contributed by atoms with Gasteiger partial charge in [-0.15, -0.1) is 0 Å². The monoisotopic (exact) mass is 296 g/mol. The number of halogens is 2. The van der Waals surface area contributed by atoms with Gasteiger partial charge in [0.05, 0.1) is 15.7 Å². The molecule has 0 aliphatic carbocycles. The number of urea groups is 1. The van der Waals surface area contributed by atoms with Gasteiger partial charge in [0, 0.05) is 18.0 Å². The molecule has 0 radical (unpaired) electrons. The topological polar surface area (TPSA) is 80.0 Å². The molecule has 0 unspecified atom stereocenters. The first kappa shape index (κ1) is 13.5. The summed E-state index contributed by atoms with van der Waals surface area (Å²) in [4.78, 5) is 15.6. The van der Waals surface area contributed by atoms with Gasteiger partial charge in [0.15, 0.2) is 0 Å². The van der Waals surface area contributed by atoms with Gasteiger partial charge in [-0.3, -0.25) is 0 Å². The molecule has 0 saturated heterocycles. The van der Waals surface area contributed by atoms with Crippen molar-refractivity contribution in [2.24, 2.45) is 0 Å². The van der Waals surface area contributed by atoms with Gasteiger partial charge in [0.2, 0.25) is 0 Å². The van der Waals surface area contributed by atoms with E-state index in [1.165, 1.54) is 12.3 Å². The summed E-state index contributed by atoms with van der Waals surface area (Å²) in [6, 6.07) is 7.64. The third-order valence-electron chi connectivity index (χ3n) is 2.24. The number of nitrogen functional groups attached to an aromatic ring is 1. The van der Waals surface area contributed by atoms with Crippen LogP contribution in [-0.2, 0) is 0 Å². The normalized spacial score (nSPS) is 10.0. The zero-order valence-corrected chi connectivity index (χ0v) is 11.2. The van der Waals surface area contributed by atoms with Crippen LogP contribution in [0, 0.1) is 0 Å². The van der Waals surface area contributed by atoms with Crippen molar-refractivity contribution in [3.63, 3.8) is 0 Å². The minimum absolute atomic E-state index is 0.313. The number of carbonyl (C=O) groups excluding carboxylic acids is 1. The molecule has 1 aromatic heterocycles. The lowest BCUT2D eigenvalue weighted by atomic mass is 10.3. The van der Waals surface area contributed by atoms with Gasteiger partial charge in [0.25, 0.3) is 0 Å². The molecule has 1 aromatic carbocycles. The molecule has 2 rings (SSSR count). The van der Waals surface area contributed by atoms with E-state index in [1.807, 2.05) is 0 Å². The fraction of sp³-hybridized carbons (Fsp3) is 0. The molecule has 0 spiro atoms. The number of nitrogens with one attached hydrogen (secondary N) is 2. The van der Waals surface area contributed by atoms with E-state index in [4.69, 9.17) is 28.9 Å². The lowest BCUT2D eigenvalue weighted by Crippen LogP contribution is -2.20. The largest absolute Gasteiger partial charge is 0.384 e. The number of nitrogens with two attached hydrogens (primary N) is 1. The second-order valence-electron chi connectivity index (χ2n) is 3.65. The highest BCUT2D eigenvalue weighted by atomic mass is 35.5. The summed E-state index contributed by atoms with van der Waals surface area (Å²) < 4.78 is 0.